The van der Waals surface area contributed by atoms with E-state index < -0.39 is 0 Å². The number of nitrogens with zero attached hydrogens (tertiary/aromatic N) is 4. The zero-order valence-electron chi connectivity index (χ0n) is 17.8. The number of piperidine rings is 1. The molecule has 0 radical (unpaired) electrons. The minimum atomic E-state index is 0.452. The second-order valence-electron chi connectivity index (χ2n) is 9.21. The maximum atomic E-state index is 4.89. The molecule has 2 saturated heterocycles. The quantitative estimate of drug-likeness (QED) is 0.785. The van der Waals surface area contributed by atoms with E-state index in [-0.39, 0.29) is 0 Å². The molecule has 1 aromatic rings. The van der Waals surface area contributed by atoms with Crippen LogP contribution in [0.2, 0.25) is 0 Å². The van der Waals surface area contributed by atoms with Crippen LogP contribution in [0.4, 0.5) is 11.8 Å². The maximum Gasteiger partial charge on any atom is 0.224 e. The van der Waals surface area contributed by atoms with Crippen LogP contribution in [0, 0.1) is 0 Å². The number of anilines is 2. The molecule has 1 atom stereocenters. The summed E-state index contributed by atoms with van der Waals surface area (Å²) < 4.78 is 0. The topological polar surface area (TPSA) is 44.3 Å². The fourth-order valence-electron chi connectivity index (χ4n) is 5.71. The fourth-order valence-corrected chi connectivity index (χ4v) is 5.71. The number of rotatable bonds is 5. The first kappa shape index (κ1) is 19.9. The Hall–Kier alpha value is -1.36. The highest BCUT2D eigenvalue weighted by atomic mass is 15.3. The lowest BCUT2D eigenvalue weighted by molar-refractivity contribution is 0.0264. The van der Waals surface area contributed by atoms with Gasteiger partial charge in [0, 0.05) is 37.4 Å². The number of hydrogen-bond acceptors (Lipinski definition) is 5. The Labute approximate surface area is 171 Å². The first-order valence-corrected chi connectivity index (χ1v) is 11.9. The van der Waals surface area contributed by atoms with Crippen molar-refractivity contribution in [1.29, 1.82) is 0 Å². The largest absolute Gasteiger partial charge is 0.356 e. The number of aromatic nitrogens is 2. The van der Waals surface area contributed by atoms with Gasteiger partial charge >= 0.3 is 0 Å². The second-order valence-corrected chi connectivity index (χ2v) is 9.21. The molecule has 3 heterocycles. The average Bonchev–Trinajstić information content (AvgIpc) is 3.04. The number of likely N-dealkylation sites (tertiary alicyclic amines) is 1. The average molecular weight is 386 g/mol. The zero-order chi connectivity index (χ0) is 19.2. The summed E-state index contributed by atoms with van der Waals surface area (Å²) in [6.45, 7) is 7.07. The van der Waals surface area contributed by atoms with Gasteiger partial charge in [0.1, 0.15) is 5.82 Å². The van der Waals surface area contributed by atoms with E-state index >= 15 is 0 Å². The molecule has 1 unspecified atom stereocenters. The van der Waals surface area contributed by atoms with E-state index in [4.69, 9.17) is 4.98 Å². The molecule has 1 aliphatic carbocycles. The molecule has 2 aliphatic heterocycles. The van der Waals surface area contributed by atoms with Gasteiger partial charge in [0.2, 0.25) is 5.95 Å². The Morgan fingerprint density at radius 3 is 2.50 bits per heavy atom. The summed E-state index contributed by atoms with van der Waals surface area (Å²) in [5.41, 5.74) is 0.452. The SMILES string of the molecule is CCC1(N2CCCC(Nc3nccc(N4CCCCCC4)n3)C2)CCCCC1. The van der Waals surface area contributed by atoms with Gasteiger partial charge < -0.3 is 10.2 Å². The predicted octanol–water partition coefficient (Wildman–Crippen LogP) is 4.85. The Morgan fingerprint density at radius 2 is 1.75 bits per heavy atom. The van der Waals surface area contributed by atoms with Gasteiger partial charge in [-0.2, -0.15) is 4.98 Å². The van der Waals surface area contributed by atoms with Gasteiger partial charge in [0.25, 0.3) is 0 Å². The van der Waals surface area contributed by atoms with E-state index in [1.165, 1.54) is 83.6 Å². The first-order chi connectivity index (χ1) is 13.8. The van der Waals surface area contributed by atoms with Crippen molar-refractivity contribution in [1.82, 2.24) is 14.9 Å². The lowest BCUT2D eigenvalue weighted by Crippen LogP contribution is -2.55. The van der Waals surface area contributed by atoms with Crippen molar-refractivity contribution in [3.63, 3.8) is 0 Å². The van der Waals surface area contributed by atoms with Crippen molar-refractivity contribution in [3.05, 3.63) is 12.3 Å². The molecule has 1 saturated carbocycles. The summed E-state index contributed by atoms with van der Waals surface area (Å²) in [7, 11) is 0. The fraction of sp³-hybridized carbons (Fsp3) is 0.826. The lowest BCUT2D eigenvalue weighted by Gasteiger charge is -2.49. The summed E-state index contributed by atoms with van der Waals surface area (Å²) >= 11 is 0. The Morgan fingerprint density at radius 1 is 1.00 bits per heavy atom. The third kappa shape index (κ3) is 4.61. The van der Waals surface area contributed by atoms with Crippen molar-refractivity contribution in [2.75, 3.05) is 36.4 Å². The molecule has 1 aromatic heterocycles. The Kier molecular flexibility index (Phi) is 6.71. The van der Waals surface area contributed by atoms with Gasteiger partial charge in [-0.15, -0.1) is 0 Å². The monoisotopic (exact) mass is 385 g/mol. The molecule has 0 bridgehead atoms. The van der Waals surface area contributed by atoms with E-state index in [2.05, 4.69) is 33.1 Å². The van der Waals surface area contributed by atoms with Gasteiger partial charge in [0.15, 0.2) is 0 Å². The number of hydrogen-bond donors (Lipinski definition) is 1. The normalized spacial score (nSPS) is 26.6. The van der Waals surface area contributed by atoms with Crippen LogP contribution < -0.4 is 10.2 Å². The van der Waals surface area contributed by atoms with Crippen LogP contribution in [0.25, 0.3) is 0 Å². The summed E-state index contributed by atoms with van der Waals surface area (Å²) in [5, 5.41) is 3.70. The van der Waals surface area contributed by atoms with Gasteiger partial charge in [0.05, 0.1) is 0 Å². The third-order valence-corrected chi connectivity index (χ3v) is 7.44. The van der Waals surface area contributed by atoms with Gasteiger partial charge in [-0.3, -0.25) is 4.90 Å². The molecule has 5 nitrogen and oxygen atoms in total. The van der Waals surface area contributed by atoms with E-state index in [1.807, 2.05) is 6.20 Å². The maximum absolute atomic E-state index is 4.89. The van der Waals surface area contributed by atoms with Crippen molar-refractivity contribution >= 4 is 11.8 Å². The molecule has 5 heteroatoms. The Balaban J connectivity index is 1.40. The summed E-state index contributed by atoms with van der Waals surface area (Å²) in [5.74, 6) is 1.92. The molecule has 0 spiro atoms. The smallest absolute Gasteiger partial charge is 0.224 e. The van der Waals surface area contributed by atoms with Crippen LogP contribution >= 0.6 is 0 Å². The van der Waals surface area contributed by atoms with Crippen LogP contribution in [-0.2, 0) is 0 Å². The molecular formula is C23H39N5. The first-order valence-electron chi connectivity index (χ1n) is 11.9. The minimum Gasteiger partial charge on any atom is -0.356 e. The number of nitrogens with one attached hydrogen (secondary N) is 1. The van der Waals surface area contributed by atoms with Crippen LogP contribution in [0.15, 0.2) is 12.3 Å². The summed E-state index contributed by atoms with van der Waals surface area (Å²) in [6, 6.07) is 2.55. The lowest BCUT2D eigenvalue weighted by atomic mass is 9.77. The highest BCUT2D eigenvalue weighted by Gasteiger charge is 2.38. The van der Waals surface area contributed by atoms with Gasteiger partial charge in [-0.05, 0) is 57.6 Å². The van der Waals surface area contributed by atoms with Crippen LogP contribution in [-0.4, -0.2) is 52.6 Å². The highest BCUT2D eigenvalue weighted by Crippen LogP contribution is 2.38. The highest BCUT2D eigenvalue weighted by molar-refractivity contribution is 5.43. The molecule has 156 valence electrons. The molecule has 1 N–H and O–H groups in total. The second kappa shape index (κ2) is 9.43. The molecule has 28 heavy (non-hydrogen) atoms. The van der Waals surface area contributed by atoms with Crippen molar-refractivity contribution in [3.8, 4) is 0 Å². The molecule has 3 fully saturated rings. The van der Waals surface area contributed by atoms with E-state index in [0.29, 0.717) is 11.6 Å². The van der Waals surface area contributed by atoms with E-state index in [1.54, 1.807) is 0 Å². The standard InChI is InChI=1S/C23H39N5/c1-2-23(13-6-5-7-14-23)28-18-10-11-20(19-28)25-22-24-15-12-21(26-22)27-16-8-3-4-9-17-27/h12,15,20H,2-11,13-14,16-19H2,1H3,(H,24,25,26). The Bertz CT molecular complexity index is 605. The van der Waals surface area contributed by atoms with Crippen molar-refractivity contribution in [2.45, 2.75) is 95.6 Å². The minimum absolute atomic E-state index is 0.452. The van der Waals surface area contributed by atoms with Gasteiger partial charge in [-0.25, -0.2) is 4.98 Å². The predicted molar refractivity (Wildman–Crippen MR) is 117 cm³/mol. The molecule has 4 rings (SSSR count). The van der Waals surface area contributed by atoms with Crippen LogP contribution in [0.1, 0.15) is 84.0 Å². The molecule has 0 aromatic carbocycles. The van der Waals surface area contributed by atoms with Crippen LogP contribution in [0.5, 0.6) is 0 Å². The van der Waals surface area contributed by atoms with Crippen LogP contribution in [0.3, 0.4) is 0 Å². The zero-order valence-corrected chi connectivity index (χ0v) is 17.8. The van der Waals surface area contributed by atoms with Crippen molar-refractivity contribution < 1.29 is 0 Å². The summed E-state index contributed by atoms with van der Waals surface area (Å²) in [6.07, 6.45) is 18.0. The molecule has 0 amide bonds. The van der Waals surface area contributed by atoms with E-state index in [0.717, 1.165) is 31.4 Å². The van der Waals surface area contributed by atoms with Crippen molar-refractivity contribution in [2.24, 2.45) is 0 Å². The third-order valence-electron chi connectivity index (χ3n) is 7.44. The van der Waals surface area contributed by atoms with E-state index in [9.17, 15) is 0 Å². The molecule has 3 aliphatic rings. The molecular weight excluding hydrogens is 346 g/mol. The summed E-state index contributed by atoms with van der Waals surface area (Å²) in [4.78, 5) is 14.7. The van der Waals surface area contributed by atoms with Gasteiger partial charge in [-0.1, -0.05) is 39.0 Å².